The highest BCUT2D eigenvalue weighted by atomic mass is 35.5. The molecule has 21 nitrogen and oxygen atoms in total. The van der Waals surface area contributed by atoms with Gasteiger partial charge < -0.3 is 71.3 Å². The molecule has 6 aromatic carbocycles. The van der Waals surface area contributed by atoms with Crippen LogP contribution in [-0.4, -0.2) is 115 Å². The Morgan fingerprint density at radius 2 is 0.939 bits per heavy atom. The van der Waals surface area contributed by atoms with Crippen LogP contribution < -0.4 is 14.8 Å². The van der Waals surface area contributed by atoms with Crippen molar-refractivity contribution in [1.29, 1.82) is 0 Å². The minimum Gasteiger partial charge on any atom is -0.486 e. The van der Waals surface area contributed by atoms with Gasteiger partial charge >= 0.3 is 29.7 Å². The van der Waals surface area contributed by atoms with Crippen molar-refractivity contribution in [2.45, 2.75) is 63.5 Å². The van der Waals surface area contributed by atoms with E-state index in [1.807, 2.05) is 0 Å². The molecule has 2 aliphatic rings. The highest BCUT2D eigenvalue weighted by molar-refractivity contribution is 6.40. The minimum atomic E-state index is -2.14. The van der Waals surface area contributed by atoms with Crippen molar-refractivity contribution in [3.63, 3.8) is 0 Å². The Kier molecular flexibility index (Phi) is 25.4. The van der Waals surface area contributed by atoms with E-state index >= 15 is 4.39 Å². The van der Waals surface area contributed by atoms with Crippen molar-refractivity contribution in [2.24, 2.45) is 0 Å². The van der Waals surface area contributed by atoms with Gasteiger partial charge in [-0.05, 0) is 179 Å². The summed E-state index contributed by atoms with van der Waals surface area (Å²) in [6.45, 7) is 6.53. The number of methoxy groups -OCH3 is 1. The van der Waals surface area contributed by atoms with E-state index in [1.54, 1.807) is 129 Å². The fraction of sp³-hybridized carbons (Fsp3) is 0.257. The molecule has 4 unspecified atom stereocenters. The maximum absolute atomic E-state index is 15.2. The molecule has 4 N–H and O–H groups in total. The van der Waals surface area contributed by atoms with E-state index in [2.05, 4.69) is 24.4 Å². The van der Waals surface area contributed by atoms with E-state index in [-0.39, 0.29) is 42.0 Å². The van der Waals surface area contributed by atoms with Crippen molar-refractivity contribution in [3.8, 4) is 11.5 Å². The molecule has 6 atom stereocenters. The molecule has 5 aromatic heterocycles. The van der Waals surface area contributed by atoms with Gasteiger partial charge in [-0.2, -0.15) is 0 Å². The molecule has 0 saturated carbocycles. The van der Waals surface area contributed by atoms with Crippen LogP contribution in [0.2, 0.25) is 25.1 Å². The number of amides is 1. The average Bonchev–Trinajstić information content (AvgIpc) is 1.82. The number of nitrogens with one attached hydrogen (secondary N) is 1. The second-order valence-corrected chi connectivity index (χ2v) is 23.9. The van der Waals surface area contributed by atoms with E-state index in [9.17, 15) is 47.8 Å². The highest BCUT2D eigenvalue weighted by Gasteiger charge is 2.33. The fourth-order valence-corrected chi connectivity index (χ4v) is 11.0. The van der Waals surface area contributed by atoms with Crippen molar-refractivity contribution in [1.82, 2.24) is 10.2 Å². The molecule has 29 heteroatoms. The number of carbonyl (C=O) groups is 6. The van der Waals surface area contributed by atoms with Gasteiger partial charge in [-0.15, -0.1) is 0 Å². The quantitative estimate of drug-likeness (QED) is 0.0285. The van der Waals surface area contributed by atoms with Crippen LogP contribution in [0, 0.1) is 0 Å². The number of hydrogen-bond acceptors (Lipinski definition) is 19. The van der Waals surface area contributed by atoms with Gasteiger partial charge in [0.15, 0.2) is 28.8 Å². The number of carbonyl (C=O) groups excluding carboxylic acids is 5. The standard InChI is InChI=1S/C25H26ClFN2O5.C12H10ClFO3.C12H9ClO4.C11H9ClO4.C10H6ClFO3/c26-17-4-6-19-16(11-17)13-22(34-19)23(27)25(31)28-18(14-29-7-1-2-8-29)24(30)15-3-5-20-21(12-15)33-10-9-32-20;2*1-2-16-12(15)11(14)10-6-7-5-8(13)3-4-9(7)17-10;1-15-11(14)10(13)9-5-6-4-7(12)2-3-8(6)16-9;11-6-1-2-7-5(3-6)4-8(15-7)9(12)10(13)14/h3-6,11-13,18,23-24,30H,1-2,7-10,14H2,(H,28,31);3-6,11H,2H2,1H3;3-6H,2H2,1H3;2-5,10,13H,1H3;1-4,9H,(H,13,14)/t18-,23?,24-;;;;/m1..../s1. The SMILES string of the molecule is CCOC(=O)C(=O)c1cc2cc(Cl)ccc2o1.CCOC(=O)C(F)c1cc2cc(Cl)ccc2o1.COC(=O)C(O)c1cc2cc(Cl)ccc2o1.O=C(N[C@H](CN1CCCC1)[C@H](O)c1ccc2c(c1)OCCO2)C(F)c1cc2cc(Cl)ccc2o1.O=C(O)C(F)c1cc2cc(Cl)ccc2o1. The summed E-state index contributed by atoms with van der Waals surface area (Å²) in [5.74, 6) is -5.01. The van der Waals surface area contributed by atoms with Crippen molar-refractivity contribution < 1.29 is 103 Å². The number of aliphatic hydroxyl groups is 2. The minimum absolute atomic E-state index is 0.0410. The number of rotatable bonds is 17. The first-order valence-corrected chi connectivity index (χ1v) is 32.1. The van der Waals surface area contributed by atoms with Gasteiger partial charge in [-0.25, -0.2) is 32.3 Å². The first-order valence-electron chi connectivity index (χ1n) is 30.2. The predicted molar refractivity (Wildman–Crippen MR) is 360 cm³/mol. The molecule has 0 radical (unpaired) electrons. The number of ether oxygens (including phenoxy) is 5. The zero-order valence-corrected chi connectivity index (χ0v) is 56.2. The number of carboxylic acid groups (broad SMARTS) is 1. The maximum atomic E-state index is 15.2. The molecule has 2 aliphatic heterocycles. The Labute approximate surface area is 585 Å². The number of nitrogens with zero attached hydrogens (tertiary/aromatic N) is 1. The number of esters is 3. The van der Waals surface area contributed by atoms with Crippen LogP contribution in [0.4, 0.5) is 13.2 Å². The van der Waals surface area contributed by atoms with Crippen LogP contribution in [0.1, 0.15) is 96.6 Å². The van der Waals surface area contributed by atoms with Crippen LogP contribution in [0.25, 0.3) is 54.8 Å². The molecule has 0 spiro atoms. The summed E-state index contributed by atoms with van der Waals surface area (Å²) in [7, 11) is 1.20. The molecule has 1 saturated heterocycles. The smallest absolute Gasteiger partial charge is 0.383 e. The van der Waals surface area contributed by atoms with E-state index in [1.165, 1.54) is 31.4 Å². The first kappa shape index (κ1) is 74.0. The lowest BCUT2D eigenvalue weighted by atomic mass is 10.0. The number of halogens is 8. The van der Waals surface area contributed by atoms with Gasteiger partial charge in [0, 0.05) is 58.6 Å². The van der Waals surface area contributed by atoms with Crippen LogP contribution in [-0.2, 0) is 38.2 Å². The Balaban J connectivity index is 0.000000152. The second-order valence-electron chi connectivity index (χ2n) is 21.7. The predicted octanol–water partition coefficient (Wildman–Crippen LogP) is 16.1. The van der Waals surface area contributed by atoms with Gasteiger partial charge in [0.2, 0.25) is 12.3 Å². The van der Waals surface area contributed by atoms with Gasteiger partial charge in [0.25, 0.3) is 18.3 Å². The lowest BCUT2D eigenvalue weighted by Crippen LogP contribution is -2.47. The number of aliphatic carboxylic acids is 1. The van der Waals surface area contributed by atoms with Crippen LogP contribution >= 0.6 is 58.0 Å². The third kappa shape index (κ3) is 19.2. The van der Waals surface area contributed by atoms with Crippen LogP contribution in [0.5, 0.6) is 11.5 Å². The number of fused-ring (bicyclic) bond motifs is 6. The monoisotopic (exact) mass is 1460 g/mol. The molecule has 1 fully saturated rings. The van der Waals surface area contributed by atoms with Gasteiger partial charge in [0.05, 0.1) is 26.4 Å². The largest absolute Gasteiger partial charge is 0.486 e. The maximum Gasteiger partial charge on any atom is 0.383 e. The van der Waals surface area contributed by atoms with Crippen LogP contribution in [0.15, 0.2) is 162 Å². The topological polar surface area (TPSA) is 290 Å². The molecular formula is C70H60Cl5F3N2O19. The Hall–Kier alpha value is -9.24. The van der Waals surface area contributed by atoms with Crippen molar-refractivity contribution in [2.75, 3.05) is 53.2 Å². The summed E-state index contributed by atoms with van der Waals surface area (Å²) >= 11 is 29.1. The Bertz CT molecular complexity index is 4700. The number of alkyl halides is 3. The molecule has 0 aliphatic carbocycles. The summed E-state index contributed by atoms with van der Waals surface area (Å²) in [6, 6.07) is 36.2. The summed E-state index contributed by atoms with van der Waals surface area (Å²) in [5, 5.41) is 37.8. The number of carboxylic acids is 1. The molecule has 0 bridgehead atoms. The lowest BCUT2D eigenvalue weighted by Gasteiger charge is -2.29. The van der Waals surface area contributed by atoms with E-state index < -0.39 is 72.3 Å². The zero-order valence-electron chi connectivity index (χ0n) is 52.5. The van der Waals surface area contributed by atoms with Crippen molar-refractivity contribution in [3.05, 3.63) is 199 Å². The van der Waals surface area contributed by atoms with Gasteiger partial charge in [-0.3, -0.25) is 9.59 Å². The summed E-state index contributed by atoms with van der Waals surface area (Å²) in [5.41, 5.74) is 2.96. The van der Waals surface area contributed by atoms with E-state index in [0.29, 0.717) is 111 Å². The van der Waals surface area contributed by atoms with Gasteiger partial charge in [-0.1, -0.05) is 64.1 Å². The molecule has 520 valence electrons. The average molecular weight is 1470 g/mol. The van der Waals surface area contributed by atoms with E-state index in [0.717, 1.165) is 31.3 Å². The third-order valence-corrected chi connectivity index (χ3v) is 16.0. The lowest BCUT2D eigenvalue weighted by molar-refractivity contribution is -0.151. The molecular weight excluding hydrogens is 1410 g/mol. The Morgan fingerprint density at radius 1 is 0.515 bits per heavy atom. The number of furan rings is 5. The molecule has 99 heavy (non-hydrogen) atoms. The van der Waals surface area contributed by atoms with Gasteiger partial charge in [0.1, 0.15) is 58.8 Å². The summed E-state index contributed by atoms with van der Waals surface area (Å²) in [6.07, 6.45) is -6.45. The number of Topliss-reactive ketones (excluding diaryl/α,β-unsaturated/α-hetero) is 1. The van der Waals surface area contributed by atoms with E-state index in [4.69, 9.17) is 94.7 Å². The molecule has 11 aromatic rings. The molecule has 7 heterocycles. The molecule has 1 amide bonds. The number of ketones is 1. The third-order valence-electron chi connectivity index (χ3n) is 14.8. The normalized spacial score (nSPS) is 14.4. The summed E-state index contributed by atoms with van der Waals surface area (Å²) < 4.78 is 93.0. The fourth-order valence-electron chi connectivity index (χ4n) is 10.1. The number of aliphatic hydroxyl groups excluding tert-OH is 2. The molecule has 13 rings (SSSR count). The second kappa shape index (κ2) is 34.0. The number of likely N-dealkylation sites (tertiary alicyclic amines) is 1. The number of hydrogen-bond donors (Lipinski definition) is 4. The zero-order chi connectivity index (χ0) is 71.2. The summed E-state index contributed by atoms with van der Waals surface area (Å²) in [4.78, 5) is 70.6. The van der Waals surface area contributed by atoms with Crippen LogP contribution in [0.3, 0.4) is 0 Å². The van der Waals surface area contributed by atoms with Crippen molar-refractivity contribution >= 4 is 148 Å². The first-order chi connectivity index (χ1) is 47.4. The Morgan fingerprint density at radius 3 is 1.40 bits per heavy atom. The highest BCUT2D eigenvalue weighted by Crippen LogP contribution is 2.36. The number of benzene rings is 6.